The molecule has 0 saturated carbocycles. The zero-order valence-electron chi connectivity index (χ0n) is 30.7. The summed E-state index contributed by atoms with van der Waals surface area (Å²) in [4.78, 5) is 2.35. The van der Waals surface area contributed by atoms with Crippen molar-refractivity contribution in [3.8, 4) is 55.8 Å². The van der Waals surface area contributed by atoms with Crippen LogP contribution in [0.3, 0.4) is 0 Å². The van der Waals surface area contributed by atoms with E-state index in [1.165, 1.54) is 49.7 Å². The van der Waals surface area contributed by atoms with Crippen LogP contribution < -0.4 is 4.90 Å². The van der Waals surface area contributed by atoms with Crippen LogP contribution in [0.25, 0.3) is 77.6 Å². The molecule has 10 rings (SSSR count). The van der Waals surface area contributed by atoms with Crippen molar-refractivity contribution in [2.45, 2.75) is 0 Å². The highest BCUT2D eigenvalue weighted by Crippen LogP contribution is 2.39. The number of hydrogen-bond donors (Lipinski definition) is 0. The highest BCUT2D eigenvalue weighted by molar-refractivity contribution is 5.97. The van der Waals surface area contributed by atoms with Crippen molar-refractivity contribution in [3.05, 3.63) is 224 Å². The van der Waals surface area contributed by atoms with E-state index in [9.17, 15) is 0 Å². The van der Waals surface area contributed by atoms with Gasteiger partial charge in [-0.25, -0.2) is 0 Å². The maximum absolute atomic E-state index is 6.16. The molecule has 56 heavy (non-hydrogen) atoms. The van der Waals surface area contributed by atoms with Crippen molar-refractivity contribution in [2.24, 2.45) is 0 Å². The van der Waals surface area contributed by atoms with Crippen LogP contribution in [0.1, 0.15) is 0 Å². The van der Waals surface area contributed by atoms with E-state index in [1.54, 1.807) is 0 Å². The van der Waals surface area contributed by atoms with Crippen molar-refractivity contribution < 1.29 is 4.42 Å². The monoisotopic (exact) mass is 715 g/mol. The molecule has 0 unspecified atom stereocenters. The number of hydrogen-bond acceptors (Lipinski definition) is 2. The van der Waals surface area contributed by atoms with Crippen LogP contribution >= 0.6 is 0 Å². The number of rotatable bonds is 8. The lowest BCUT2D eigenvalue weighted by atomic mass is 9.97. The highest BCUT2D eigenvalue weighted by atomic mass is 16.3. The summed E-state index contributed by atoms with van der Waals surface area (Å²) in [7, 11) is 0. The van der Waals surface area contributed by atoms with Gasteiger partial charge in [-0.2, -0.15) is 0 Å². The molecule has 0 radical (unpaired) electrons. The average Bonchev–Trinajstić information content (AvgIpc) is 3.72. The van der Waals surface area contributed by atoms with Gasteiger partial charge >= 0.3 is 0 Å². The highest BCUT2D eigenvalue weighted by Gasteiger charge is 2.15. The largest absolute Gasteiger partial charge is 0.456 e. The molecular weight excluding hydrogens is 679 g/mol. The summed E-state index contributed by atoms with van der Waals surface area (Å²) in [5.41, 5.74) is 14.7. The van der Waals surface area contributed by atoms with E-state index in [4.69, 9.17) is 4.42 Å². The van der Waals surface area contributed by atoms with Gasteiger partial charge in [-0.1, -0.05) is 170 Å². The zero-order chi connectivity index (χ0) is 37.3. The second kappa shape index (κ2) is 14.4. The summed E-state index contributed by atoms with van der Waals surface area (Å²) in [6, 6.07) is 80.1. The molecule has 0 spiro atoms. The molecule has 0 atom stereocenters. The summed E-state index contributed by atoms with van der Waals surface area (Å²) in [5.74, 6) is 0.881. The second-order valence-corrected chi connectivity index (χ2v) is 14.2. The summed E-state index contributed by atoms with van der Waals surface area (Å²) >= 11 is 0. The van der Waals surface area contributed by atoms with Gasteiger partial charge in [0.25, 0.3) is 0 Å². The SMILES string of the molecule is c1ccc(-c2cccc(N(c3ccc(-c4ccc(-c5cccc(-c6cc7ccccc7o6)c5)cc4)cc3)c3ccc(-c4cccc5ccccc45)cc3)c2)cc1. The Balaban J connectivity index is 0.966. The number of furan rings is 1. The van der Waals surface area contributed by atoms with E-state index >= 15 is 0 Å². The van der Waals surface area contributed by atoms with Gasteiger partial charge in [0.2, 0.25) is 0 Å². The molecule has 0 aliphatic carbocycles. The van der Waals surface area contributed by atoms with Crippen LogP contribution in [0, 0.1) is 0 Å². The van der Waals surface area contributed by atoms with Gasteiger partial charge in [0, 0.05) is 28.0 Å². The number of fused-ring (bicyclic) bond motifs is 2. The van der Waals surface area contributed by atoms with Gasteiger partial charge in [-0.3, -0.25) is 0 Å². The van der Waals surface area contributed by atoms with E-state index in [2.05, 4.69) is 211 Å². The normalized spacial score (nSPS) is 11.2. The summed E-state index contributed by atoms with van der Waals surface area (Å²) in [5, 5.41) is 3.62. The molecule has 0 aliphatic rings. The van der Waals surface area contributed by atoms with Crippen molar-refractivity contribution >= 4 is 38.8 Å². The Bertz CT molecular complexity index is 2900. The van der Waals surface area contributed by atoms with Gasteiger partial charge in [0.1, 0.15) is 11.3 Å². The van der Waals surface area contributed by atoms with E-state index in [1.807, 2.05) is 18.2 Å². The number of benzene rings is 9. The zero-order valence-corrected chi connectivity index (χ0v) is 30.7. The Hall–Kier alpha value is -7.42. The van der Waals surface area contributed by atoms with Gasteiger partial charge in [0.05, 0.1) is 0 Å². The molecular formula is C54H37NO. The third-order valence-corrected chi connectivity index (χ3v) is 10.7. The first-order valence-electron chi connectivity index (χ1n) is 19.1. The Morgan fingerprint density at radius 2 is 0.786 bits per heavy atom. The summed E-state index contributed by atoms with van der Waals surface area (Å²) in [6.45, 7) is 0. The minimum absolute atomic E-state index is 0.881. The third-order valence-electron chi connectivity index (χ3n) is 10.7. The summed E-state index contributed by atoms with van der Waals surface area (Å²) < 4.78 is 6.16. The van der Waals surface area contributed by atoms with E-state index in [-0.39, 0.29) is 0 Å². The lowest BCUT2D eigenvalue weighted by Gasteiger charge is -2.26. The first-order valence-corrected chi connectivity index (χ1v) is 19.1. The fourth-order valence-electron chi connectivity index (χ4n) is 7.80. The number of para-hydroxylation sites is 1. The molecule has 2 heteroatoms. The lowest BCUT2D eigenvalue weighted by molar-refractivity contribution is 0.631. The van der Waals surface area contributed by atoms with E-state index in [0.29, 0.717) is 0 Å². The summed E-state index contributed by atoms with van der Waals surface area (Å²) in [6.07, 6.45) is 0. The smallest absolute Gasteiger partial charge is 0.135 e. The first-order chi connectivity index (χ1) is 27.7. The van der Waals surface area contributed by atoms with E-state index in [0.717, 1.165) is 44.9 Å². The van der Waals surface area contributed by atoms with Crippen LogP contribution in [-0.4, -0.2) is 0 Å². The lowest BCUT2D eigenvalue weighted by Crippen LogP contribution is -2.10. The van der Waals surface area contributed by atoms with Crippen molar-refractivity contribution in [1.82, 2.24) is 0 Å². The quantitative estimate of drug-likeness (QED) is 0.156. The Morgan fingerprint density at radius 1 is 0.286 bits per heavy atom. The van der Waals surface area contributed by atoms with Crippen molar-refractivity contribution in [2.75, 3.05) is 4.90 Å². The number of anilines is 3. The van der Waals surface area contributed by atoms with Crippen LogP contribution in [0.15, 0.2) is 229 Å². The Kier molecular flexibility index (Phi) is 8.55. The molecule has 2 nitrogen and oxygen atoms in total. The van der Waals surface area contributed by atoms with Crippen LogP contribution in [0.5, 0.6) is 0 Å². The van der Waals surface area contributed by atoms with Crippen LogP contribution in [0.2, 0.25) is 0 Å². The average molecular weight is 716 g/mol. The molecule has 1 heterocycles. The number of nitrogens with zero attached hydrogens (tertiary/aromatic N) is 1. The van der Waals surface area contributed by atoms with Gasteiger partial charge in [-0.15, -0.1) is 0 Å². The van der Waals surface area contributed by atoms with Gasteiger partial charge < -0.3 is 9.32 Å². The Labute approximate surface area is 327 Å². The topological polar surface area (TPSA) is 16.4 Å². The predicted molar refractivity (Wildman–Crippen MR) is 236 cm³/mol. The van der Waals surface area contributed by atoms with E-state index < -0.39 is 0 Å². The predicted octanol–water partition coefficient (Wildman–Crippen LogP) is 15.4. The third kappa shape index (κ3) is 6.44. The van der Waals surface area contributed by atoms with Crippen LogP contribution in [-0.2, 0) is 0 Å². The molecule has 0 aliphatic heterocycles. The minimum Gasteiger partial charge on any atom is -0.456 e. The standard InChI is InChI=1S/C54H37NO/c1-2-11-38(12-3-1)45-17-9-19-50(36-45)55(49-33-29-43(30-34-49)52-21-10-15-42-13-4-6-20-51(42)52)48-31-27-40(28-32-48)39-23-25-41(26-24-39)44-16-8-18-46(35-44)54-37-47-14-5-7-22-53(47)56-54/h1-37H. The fourth-order valence-corrected chi connectivity index (χ4v) is 7.80. The second-order valence-electron chi connectivity index (χ2n) is 14.2. The van der Waals surface area contributed by atoms with Crippen LogP contribution in [0.4, 0.5) is 17.1 Å². The molecule has 0 bridgehead atoms. The maximum Gasteiger partial charge on any atom is 0.135 e. The first kappa shape index (κ1) is 33.2. The van der Waals surface area contributed by atoms with Gasteiger partial charge in [0.15, 0.2) is 0 Å². The fraction of sp³-hybridized carbons (Fsp3) is 0. The van der Waals surface area contributed by atoms with Crippen molar-refractivity contribution in [3.63, 3.8) is 0 Å². The molecule has 10 aromatic rings. The molecule has 0 saturated heterocycles. The molecule has 9 aromatic carbocycles. The van der Waals surface area contributed by atoms with Crippen molar-refractivity contribution in [1.29, 1.82) is 0 Å². The molecule has 264 valence electrons. The molecule has 0 N–H and O–H groups in total. The Morgan fingerprint density at radius 3 is 1.52 bits per heavy atom. The maximum atomic E-state index is 6.16. The molecule has 0 amide bonds. The molecule has 1 aromatic heterocycles. The van der Waals surface area contributed by atoms with Gasteiger partial charge in [-0.05, 0) is 110 Å². The minimum atomic E-state index is 0.881. The molecule has 0 fully saturated rings.